The third-order valence-corrected chi connectivity index (χ3v) is 10.4. The zero-order chi connectivity index (χ0) is 30.8. The predicted molar refractivity (Wildman–Crippen MR) is 156 cm³/mol. The summed E-state index contributed by atoms with van der Waals surface area (Å²) in [5.74, 6) is -1.56. The first-order valence-corrected chi connectivity index (χ1v) is 16.2. The molecular formula is C29H34FN3O7S2. The van der Waals surface area contributed by atoms with E-state index in [-0.39, 0.29) is 46.5 Å². The molecule has 0 unspecified atom stereocenters. The topological polar surface area (TPSA) is 133 Å². The van der Waals surface area contributed by atoms with E-state index in [1.165, 1.54) is 54.4 Å². The van der Waals surface area contributed by atoms with Crippen molar-refractivity contribution in [2.45, 2.75) is 42.7 Å². The van der Waals surface area contributed by atoms with Crippen LogP contribution in [0.5, 0.6) is 5.75 Å². The number of nitrogens with one attached hydrogen (secondary N) is 1. The molecule has 1 aliphatic heterocycles. The van der Waals surface area contributed by atoms with E-state index in [2.05, 4.69) is 4.72 Å². The Balaban J connectivity index is 1.76. The van der Waals surface area contributed by atoms with Gasteiger partial charge in [0.2, 0.25) is 10.0 Å². The molecule has 0 fully saturated rings. The van der Waals surface area contributed by atoms with Crippen LogP contribution in [0.1, 0.15) is 29.8 Å². The molecule has 0 saturated heterocycles. The number of ether oxygens (including phenoxy) is 1. The van der Waals surface area contributed by atoms with Gasteiger partial charge in [-0.2, -0.15) is 4.31 Å². The molecular weight excluding hydrogens is 585 g/mol. The van der Waals surface area contributed by atoms with Gasteiger partial charge in [0.1, 0.15) is 11.9 Å². The second-order valence-electron chi connectivity index (χ2n) is 10.5. The van der Waals surface area contributed by atoms with Crippen LogP contribution in [-0.2, 0) is 20.0 Å². The fraction of sp³-hybridized carbons (Fsp3) is 0.345. The molecule has 2 N–H and O–H groups in total. The molecule has 1 amide bonds. The molecule has 0 bridgehead atoms. The van der Waals surface area contributed by atoms with Crippen LogP contribution in [0.15, 0.2) is 76.5 Å². The normalized spacial score (nSPS) is 18.5. The molecule has 226 valence electrons. The number of sulfonamides is 2. The number of halogens is 1. The Morgan fingerprint density at radius 3 is 2.29 bits per heavy atom. The Bertz CT molecular complexity index is 1650. The Labute approximate surface area is 245 Å². The van der Waals surface area contributed by atoms with Gasteiger partial charge in [-0.25, -0.2) is 21.2 Å². The number of hydrogen-bond acceptors (Lipinski definition) is 7. The summed E-state index contributed by atoms with van der Waals surface area (Å²) in [5, 5.41) is 9.89. The summed E-state index contributed by atoms with van der Waals surface area (Å²) in [6, 6.07) is 14.6. The maximum Gasteiger partial charge on any atom is 0.262 e. The number of anilines is 1. The average Bonchev–Trinajstić information content (AvgIpc) is 2.95. The molecule has 1 aliphatic rings. The summed E-state index contributed by atoms with van der Waals surface area (Å²) in [5.41, 5.74) is 0.934. The van der Waals surface area contributed by atoms with Crippen LogP contribution >= 0.6 is 0 Å². The lowest BCUT2D eigenvalue weighted by molar-refractivity contribution is 0.0389. The molecule has 3 aromatic carbocycles. The van der Waals surface area contributed by atoms with Crippen molar-refractivity contribution in [3.05, 3.63) is 83.7 Å². The smallest absolute Gasteiger partial charge is 0.262 e. The first-order valence-electron chi connectivity index (χ1n) is 13.3. The van der Waals surface area contributed by atoms with Gasteiger partial charge in [-0.3, -0.25) is 9.52 Å². The molecule has 0 spiro atoms. The van der Waals surface area contributed by atoms with Crippen molar-refractivity contribution < 1.29 is 35.9 Å². The number of aliphatic hydroxyl groups excluding tert-OH is 1. The van der Waals surface area contributed by atoms with Gasteiger partial charge >= 0.3 is 0 Å². The second kappa shape index (κ2) is 12.4. The van der Waals surface area contributed by atoms with Gasteiger partial charge in [0, 0.05) is 19.5 Å². The van der Waals surface area contributed by atoms with E-state index in [0.29, 0.717) is 0 Å². The van der Waals surface area contributed by atoms with Crippen molar-refractivity contribution in [3.63, 3.8) is 0 Å². The zero-order valence-electron chi connectivity index (χ0n) is 23.7. The van der Waals surface area contributed by atoms with Crippen LogP contribution < -0.4 is 9.46 Å². The summed E-state index contributed by atoms with van der Waals surface area (Å²) in [6.45, 7) is 4.92. The fourth-order valence-corrected chi connectivity index (χ4v) is 6.85. The fourth-order valence-electron chi connectivity index (χ4n) is 4.60. The van der Waals surface area contributed by atoms with Gasteiger partial charge in [0.15, 0.2) is 5.75 Å². The lowest BCUT2D eigenvalue weighted by Gasteiger charge is -2.38. The summed E-state index contributed by atoms with van der Waals surface area (Å²) in [6.07, 6.45) is -0.851. The van der Waals surface area contributed by atoms with E-state index < -0.39 is 49.8 Å². The van der Waals surface area contributed by atoms with Gasteiger partial charge in [-0.05, 0) is 62.4 Å². The highest BCUT2D eigenvalue weighted by molar-refractivity contribution is 7.92. The number of fused-ring (bicyclic) bond motifs is 1. The molecule has 0 radical (unpaired) electrons. The molecule has 0 aromatic heterocycles. The monoisotopic (exact) mass is 619 g/mol. The van der Waals surface area contributed by atoms with E-state index in [9.17, 15) is 31.1 Å². The number of hydrogen-bond donors (Lipinski definition) is 2. The molecule has 0 saturated carbocycles. The number of rotatable bonds is 9. The zero-order valence-corrected chi connectivity index (χ0v) is 25.3. The van der Waals surface area contributed by atoms with Crippen LogP contribution in [-0.4, -0.2) is 75.9 Å². The highest BCUT2D eigenvalue weighted by atomic mass is 32.2. The molecule has 3 atom stereocenters. The second-order valence-corrected chi connectivity index (χ2v) is 14.2. The van der Waals surface area contributed by atoms with Gasteiger partial charge in [-0.1, -0.05) is 30.7 Å². The number of carbonyl (C=O) groups is 1. The number of likely N-dealkylation sites (N-methyl/N-ethyl adjacent to an activating group) is 1. The lowest BCUT2D eigenvalue weighted by atomic mass is 9.99. The van der Waals surface area contributed by atoms with Gasteiger partial charge in [0.05, 0.1) is 40.2 Å². The predicted octanol–water partition coefficient (Wildman–Crippen LogP) is 3.48. The molecule has 1 heterocycles. The quantitative estimate of drug-likeness (QED) is 0.375. The standard InChI is InChI=1S/C29H34FN3O7S2/c1-19-8-12-23(13-9-19)41(36,37)31-26-7-5-6-25-28(26)40-27(20(2)16-33(29(25)35)21(3)18-34)17-32(4)42(38,39)24-14-10-22(30)11-15-24/h5-15,20-21,27,31,34H,16-18H2,1-4H3/t20-,21+,27-/m0/s1. The van der Waals surface area contributed by atoms with Crippen LogP contribution in [0.3, 0.4) is 0 Å². The van der Waals surface area contributed by atoms with Crippen molar-refractivity contribution in [3.8, 4) is 5.75 Å². The largest absolute Gasteiger partial charge is 0.486 e. The van der Waals surface area contributed by atoms with Crippen LogP contribution in [0.25, 0.3) is 0 Å². The molecule has 4 rings (SSSR count). The Hall–Kier alpha value is -3.52. The van der Waals surface area contributed by atoms with Gasteiger partial charge < -0.3 is 14.7 Å². The van der Waals surface area contributed by atoms with E-state index in [0.717, 1.165) is 22.0 Å². The first kappa shape index (κ1) is 31.4. The molecule has 3 aromatic rings. The summed E-state index contributed by atoms with van der Waals surface area (Å²) < 4.78 is 76.5. The number of benzene rings is 3. The van der Waals surface area contributed by atoms with E-state index >= 15 is 0 Å². The molecule has 13 heteroatoms. The summed E-state index contributed by atoms with van der Waals surface area (Å²) >= 11 is 0. The summed E-state index contributed by atoms with van der Waals surface area (Å²) in [4.78, 5) is 15.0. The molecule has 0 aliphatic carbocycles. The Morgan fingerprint density at radius 1 is 1.05 bits per heavy atom. The number of aryl methyl sites for hydroxylation is 1. The molecule has 10 nitrogen and oxygen atoms in total. The SMILES string of the molecule is Cc1ccc(S(=O)(=O)Nc2cccc3c2O[C@@H](CN(C)S(=O)(=O)c2ccc(F)cc2)[C@@H](C)CN([C@H](C)CO)C3=O)cc1. The highest BCUT2D eigenvalue weighted by Gasteiger charge is 2.36. The Kier molecular flexibility index (Phi) is 9.26. The minimum absolute atomic E-state index is 0.00108. The van der Waals surface area contributed by atoms with Crippen molar-refractivity contribution in [1.82, 2.24) is 9.21 Å². The van der Waals surface area contributed by atoms with Gasteiger partial charge in [-0.15, -0.1) is 0 Å². The number of amides is 1. The number of aliphatic hydroxyl groups is 1. The van der Waals surface area contributed by atoms with E-state index in [4.69, 9.17) is 4.74 Å². The first-order chi connectivity index (χ1) is 19.7. The van der Waals surface area contributed by atoms with E-state index in [1.807, 2.05) is 6.92 Å². The third kappa shape index (κ3) is 6.59. The van der Waals surface area contributed by atoms with Crippen LogP contribution in [0, 0.1) is 18.7 Å². The average molecular weight is 620 g/mol. The van der Waals surface area contributed by atoms with Crippen molar-refractivity contribution in [2.24, 2.45) is 5.92 Å². The van der Waals surface area contributed by atoms with Crippen molar-refractivity contribution >= 4 is 31.6 Å². The third-order valence-electron chi connectivity index (χ3n) is 7.23. The van der Waals surface area contributed by atoms with Gasteiger partial charge in [0.25, 0.3) is 15.9 Å². The number of carbonyl (C=O) groups excluding carboxylic acids is 1. The lowest BCUT2D eigenvalue weighted by Crippen LogP contribution is -2.50. The van der Waals surface area contributed by atoms with Crippen molar-refractivity contribution in [1.29, 1.82) is 0 Å². The maximum absolute atomic E-state index is 13.7. The van der Waals surface area contributed by atoms with E-state index in [1.54, 1.807) is 26.0 Å². The minimum Gasteiger partial charge on any atom is -0.486 e. The number of nitrogens with zero attached hydrogens (tertiary/aromatic N) is 2. The van der Waals surface area contributed by atoms with Crippen LogP contribution in [0.4, 0.5) is 10.1 Å². The Morgan fingerprint density at radius 2 is 1.67 bits per heavy atom. The molecule has 42 heavy (non-hydrogen) atoms. The van der Waals surface area contributed by atoms with Crippen LogP contribution in [0.2, 0.25) is 0 Å². The number of para-hydroxylation sites is 1. The van der Waals surface area contributed by atoms with Crippen molar-refractivity contribution in [2.75, 3.05) is 31.5 Å². The summed E-state index contributed by atoms with van der Waals surface area (Å²) in [7, 11) is -6.77. The highest BCUT2D eigenvalue weighted by Crippen LogP contribution is 2.36. The maximum atomic E-state index is 13.7. The minimum atomic E-state index is -4.09.